The molecular weight excluding hydrogens is 899 g/mol. The van der Waals surface area contributed by atoms with E-state index < -0.39 is 72.3 Å². The van der Waals surface area contributed by atoms with Gasteiger partial charge in [-0.05, 0) is 24.0 Å². The molecule has 1 saturated heterocycles. The normalized spacial score (nSPS) is 13.3. The van der Waals surface area contributed by atoms with Crippen LogP contribution in [0.4, 0.5) is 26.3 Å². The van der Waals surface area contributed by atoms with Gasteiger partial charge in [-0.25, -0.2) is 4.79 Å². The summed E-state index contributed by atoms with van der Waals surface area (Å²) in [4.78, 5) is 111. The lowest BCUT2D eigenvalue weighted by Crippen LogP contribution is -2.51. The number of amides is 5. The molecular formula is C46H42F6N4O11. The average molecular weight is 941 g/mol. The zero-order valence-corrected chi connectivity index (χ0v) is 35.2. The molecule has 1 heterocycles. The van der Waals surface area contributed by atoms with Crippen LogP contribution in [-0.2, 0) is 51.2 Å². The number of rotatable bonds is 19. The van der Waals surface area contributed by atoms with Crippen molar-refractivity contribution in [3.8, 4) is 0 Å². The van der Waals surface area contributed by atoms with Gasteiger partial charge in [0, 0.05) is 60.9 Å². The number of carboxylic acids is 1. The first kappa shape index (κ1) is 51.9. The fraction of sp³-hybridized carbons (Fsp3) is 0.283. The zero-order valence-electron chi connectivity index (χ0n) is 35.2. The van der Waals surface area contributed by atoms with Crippen molar-refractivity contribution in [1.82, 2.24) is 21.0 Å². The quantitative estimate of drug-likeness (QED) is 0.0404. The van der Waals surface area contributed by atoms with E-state index in [4.69, 9.17) is 5.11 Å². The molecule has 4 aromatic rings. The van der Waals surface area contributed by atoms with Gasteiger partial charge in [0.1, 0.15) is 12.1 Å². The van der Waals surface area contributed by atoms with Crippen molar-refractivity contribution < 1.29 is 79.4 Å². The number of nitrogens with one attached hydrogen (secondary N) is 3. The Morgan fingerprint density at radius 1 is 0.567 bits per heavy atom. The summed E-state index contributed by atoms with van der Waals surface area (Å²) in [6.45, 7) is 0.126. The highest BCUT2D eigenvalue weighted by atomic mass is 19.4. The minimum absolute atomic E-state index is 0.0129. The number of imide groups is 1. The summed E-state index contributed by atoms with van der Waals surface area (Å²) in [5.74, 6) is -9.92. The van der Waals surface area contributed by atoms with E-state index >= 15 is 0 Å². The molecule has 0 spiro atoms. The van der Waals surface area contributed by atoms with E-state index in [1.807, 2.05) is 0 Å². The summed E-state index contributed by atoms with van der Waals surface area (Å²) < 4.78 is 76.4. The predicted molar refractivity (Wildman–Crippen MR) is 222 cm³/mol. The van der Waals surface area contributed by atoms with Crippen LogP contribution in [0.3, 0.4) is 0 Å². The van der Waals surface area contributed by atoms with Crippen LogP contribution in [0.5, 0.6) is 0 Å². The van der Waals surface area contributed by atoms with Gasteiger partial charge in [-0.1, -0.05) is 116 Å². The van der Waals surface area contributed by atoms with Crippen LogP contribution in [-0.4, -0.2) is 94.2 Å². The first-order valence-corrected chi connectivity index (χ1v) is 20.3. The minimum Gasteiger partial charge on any atom is -0.481 e. The second kappa shape index (κ2) is 24.0. The Labute approximate surface area is 377 Å². The number of hydrogen-bond acceptors (Lipinski definition) is 10. The molecule has 15 nitrogen and oxygen atoms in total. The Morgan fingerprint density at radius 2 is 0.970 bits per heavy atom. The first-order valence-electron chi connectivity index (χ1n) is 20.3. The Hall–Kier alpha value is -7.71. The zero-order chi connectivity index (χ0) is 49.3. The third kappa shape index (κ3) is 16.3. The van der Waals surface area contributed by atoms with E-state index in [9.17, 15) is 69.5 Å². The lowest BCUT2D eigenvalue weighted by molar-refractivity contribution is -0.200. The van der Waals surface area contributed by atoms with Crippen molar-refractivity contribution in [2.45, 2.75) is 75.8 Å². The van der Waals surface area contributed by atoms with Gasteiger partial charge in [0.15, 0.2) is 11.6 Å². The van der Waals surface area contributed by atoms with Gasteiger partial charge >= 0.3 is 36.1 Å². The minimum atomic E-state index is -5.27. The monoisotopic (exact) mass is 940 g/mol. The van der Waals surface area contributed by atoms with E-state index in [0.29, 0.717) is 52.6 Å². The summed E-state index contributed by atoms with van der Waals surface area (Å²) in [6.07, 6.45) is -10.1. The molecule has 0 unspecified atom stereocenters. The molecule has 4 N–H and O–H groups in total. The third-order valence-electron chi connectivity index (χ3n) is 9.66. The van der Waals surface area contributed by atoms with Crippen LogP contribution in [0, 0.1) is 0 Å². The largest absolute Gasteiger partial charge is 0.481 e. The highest BCUT2D eigenvalue weighted by Gasteiger charge is 2.43. The SMILES string of the molecule is O=C(O)CCCCCNC(=O)[C@H](Cc1ccc(C(=O)c2ccccc2)cc1)NC(=O)C(F)(F)F.O=C(c1ccccc1)c1ccc(C[C@H](NC(=O)C(F)(F)F)C(=O)ON2C(=O)CCC2=O)cc1. The fourth-order valence-electron chi connectivity index (χ4n) is 6.18. The standard InChI is InChI=1S/C24H25F3N2O5.C22H17F3N2O6/c25-24(26,27)23(34)29-19(22(33)28-14-6-2-5-9-20(30)31)15-16-10-12-18(13-11-16)21(32)17-7-3-1-4-8-17;23-22(24,25)21(32)26-16(20(31)33-27-17(28)10-11-18(27)29)12-13-6-8-15(9-7-13)19(30)14-4-2-1-3-5-14/h1,3-4,7-8,10-13,19H,2,5-6,9,14-15H2,(H,28,33)(H,29,34)(H,30,31);1-9,16H,10-12H2,(H,26,32)/t19-;16-/m00/s1. The molecule has 5 rings (SSSR count). The van der Waals surface area contributed by atoms with Gasteiger partial charge in [-0.2, -0.15) is 26.3 Å². The van der Waals surface area contributed by atoms with Gasteiger partial charge in [0.25, 0.3) is 11.8 Å². The summed E-state index contributed by atoms with van der Waals surface area (Å²) in [5, 5.41) is 14.5. The highest BCUT2D eigenvalue weighted by Crippen LogP contribution is 2.20. The Kier molecular flexibility index (Phi) is 18.6. The molecule has 4 aromatic carbocycles. The maximum Gasteiger partial charge on any atom is 0.471 e. The number of carbonyl (C=O) groups is 9. The maximum absolute atomic E-state index is 12.7. The number of hydrogen-bond donors (Lipinski definition) is 4. The number of carboxylic acid groups (broad SMARTS) is 1. The number of benzene rings is 4. The molecule has 0 radical (unpaired) electrons. The summed E-state index contributed by atoms with van der Waals surface area (Å²) in [6, 6.07) is 25.3. The van der Waals surface area contributed by atoms with E-state index in [-0.39, 0.29) is 48.9 Å². The molecule has 1 aliphatic rings. The van der Waals surface area contributed by atoms with Crippen molar-refractivity contribution in [2.24, 2.45) is 0 Å². The smallest absolute Gasteiger partial charge is 0.471 e. The lowest BCUT2D eigenvalue weighted by Gasteiger charge is -2.21. The molecule has 1 fully saturated rings. The molecule has 1 aliphatic heterocycles. The second-order valence-corrected chi connectivity index (χ2v) is 14.7. The average Bonchev–Trinajstić information content (AvgIpc) is 3.61. The number of aliphatic carboxylic acids is 1. The maximum atomic E-state index is 12.7. The topological polar surface area (TPSA) is 222 Å². The number of alkyl halides is 6. The van der Waals surface area contributed by atoms with Crippen molar-refractivity contribution in [2.75, 3.05) is 6.54 Å². The van der Waals surface area contributed by atoms with Crippen molar-refractivity contribution in [1.29, 1.82) is 0 Å². The van der Waals surface area contributed by atoms with Crippen molar-refractivity contribution >= 4 is 53.0 Å². The Morgan fingerprint density at radius 3 is 1.39 bits per heavy atom. The van der Waals surface area contributed by atoms with E-state index in [2.05, 4.69) is 10.2 Å². The van der Waals surface area contributed by atoms with Gasteiger partial charge in [-0.15, -0.1) is 5.06 Å². The Bertz CT molecular complexity index is 2400. The number of ketones is 2. The number of hydroxylamine groups is 2. The van der Waals surface area contributed by atoms with Crippen LogP contribution in [0.2, 0.25) is 0 Å². The molecule has 5 amide bonds. The second-order valence-electron chi connectivity index (χ2n) is 14.7. The van der Waals surface area contributed by atoms with Gasteiger partial charge in [0.05, 0.1) is 0 Å². The van der Waals surface area contributed by atoms with Gasteiger partial charge < -0.3 is 25.9 Å². The Balaban J connectivity index is 0.000000293. The van der Waals surface area contributed by atoms with E-state index in [1.165, 1.54) is 53.8 Å². The lowest BCUT2D eigenvalue weighted by atomic mass is 9.99. The molecule has 67 heavy (non-hydrogen) atoms. The summed E-state index contributed by atoms with van der Waals surface area (Å²) in [5.41, 5.74) is 2.34. The third-order valence-corrected chi connectivity index (χ3v) is 9.66. The molecule has 0 bridgehead atoms. The summed E-state index contributed by atoms with van der Waals surface area (Å²) >= 11 is 0. The highest BCUT2D eigenvalue weighted by molar-refractivity contribution is 6.09. The number of carbonyl (C=O) groups excluding carboxylic acids is 8. The number of halogens is 6. The number of unbranched alkanes of at least 4 members (excludes halogenated alkanes) is 2. The molecule has 21 heteroatoms. The van der Waals surface area contributed by atoms with E-state index in [1.54, 1.807) is 66.0 Å². The molecule has 0 aliphatic carbocycles. The fourth-order valence-corrected chi connectivity index (χ4v) is 6.18. The molecule has 354 valence electrons. The molecule has 0 saturated carbocycles. The molecule has 0 aromatic heterocycles. The number of nitrogens with zero attached hydrogens (tertiary/aromatic N) is 1. The van der Waals surface area contributed by atoms with Crippen LogP contribution >= 0.6 is 0 Å². The van der Waals surface area contributed by atoms with Crippen molar-refractivity contribution in [3.05, 3.63) is 143 Å². The molecule has 2 atom stereocenters. The van der Waals surface area contributed by atoms with E-state index in [0.717, 1.165) is 0 Å². The van der Waals surface area contributed by atoms with Gasteiger partial charge in [-0.3, -0.25) is 38.4 Å². The summed E-state index contributed by atoms with van der Waals surface area (Å²) in [7, 11) is 0. The predicted octanol–water partition coefficient (Wildman–Crippen LogP) is 5.38. The van der Waals surface area contributed by atoms with Crippen molar-refractivity contribution in [3.63, 3.8) is 0 Å². The first-order chi connectivity index (χ1) is 31.6. The van der Waals surface area contributed by atoms with Crippen LogP contribution < -0.4 is 16.0 Å². The van der Waals surface area contributed by atoms with Crippen LogP contribution in [0.25, 0.3) is 0 Å². The van der Waals surface area contributed by atoms with Crippen LogP contribution in [0.15, 0.2) is 109 Å². The van der Waals surface area contributed by atoms with Gasteiger partial charge in [0.2, 0.25) is 5.91 Å². The van der Waals surface area contributed by atoms with Crippen LogP contribution in [0.1, 0.15) is 81.5 Å².